The average Bonchev–Trinajstić information content (AvgIpc) is 2.45. The quantitative estimate of drug-likeness (QED) is 0.854. The molecule has 0 amide bonds. The Morgan fingerprint density at radius 1 is 1.20 bits per heavy atom. The van der Waals surface area contributed by atoms with Gasteiger partial charge in [-0.15, -0.1) is 0 Å². The Bertz CT molecular complexity index is 501. The number of ether oxygens (including phenoxy) is 3. The van der Waals surface area contributed by atoms with Crippen molar-refractivity contribution in [2.75, 3.05) is 14.2 Å². The Hall–Kier alpha value is -1.75. The van der Waals surface area contributed by atoms with Crippen molar-refractivity contribution in [1.29, 1.82) is 0 Å². The number of benzene rings is 1. The maximum atomic E-state index is 11.4. The molecule has 0 unspecified atom stereocenters. The van der Waals surface area contributed by atoms with Gasteiger partial charge >= 0.3 is 5.97 Å². The molecular formula is C15H19NO4. The molecule has 0 saturated carbocycles. The highest BCUT2D eigenvalue weighted by molar-refractivity contribution is 5.71. The molecule has 5 heteroatoms. The molecule has 1 aromatic carbocycles. The largest absolute Gasteiger partial charge is 0.493 e. The third-order valence-electron chi connectivity index (χ3n) is 4.00. The lowest BCUT2D eigenvalue weighted by Gasteiger charge is -2.39. The molecule has 108 valence electrons. The van der Waals surface area contributed by atoms with Crippen LogP contribution in [0.25, 0.3) is 0 Å². The zero-order valence-electron chi connectivity index (χ0n) is 11.7. The minimum atomic E-state index is -0.0930. The molecule has 2 aliphatic rings. The fourth-order valence-electron chi connectivity index (χ4n) is 3.07. The van der Waals surface area contributed by atoms with E-state index < -0.39 is 0 Å². The van der Waals surface area contributed by atoms with Crippen LogP contribution in [-0.4, -0.2) is 32.3 Å². The van der Waals surface area contributed by atoms with Crippen molar-refractivity contribution in [2.45, 2.75) is 37.5 Å². The van der Waals surface area contributed by atoms with Crippen molar-refractivity contribution in [3.8, 4) is 11.5 Å². The van der Waals surface area contributed by atoms with E-state index in [9.17, 15) is 4.79 Å². The summed E-state index contributed by atoms with van der Waals surface area (Å²) in [4.78, 5) is 11.4. The topological polar surface area (TPSA) is 56.8 Å². The van der Waals surface area contributed by atoms with Crippen molar-refractivity contribution in [1.82, 2.24) is 5.32 Å². The van der Waals surface area contributed by atoms with E-state index >= 15 is 0 Å². The van der Waals surface area contributed by atoms with Crippen molar-refractivity contribution < 1.29 is 19.0 Å². The second-order valence-electron chi connectivity index (χ2n) is 5.32. The SMILES string of the molecule is COc1ccc([C@@H]2C[C@@H]3C[C@@H](CC(=O)O3)N2)cc1OC. The molecule has 0 spiro atoms. The molecule has 2 aliphatic heterocycles. The standard InChI is InChI=1S/C15H19NO4/c1-18-13-4-3-9(5-14(13)19-2)12-8-11-6-10(16-12)7-15(17)20-11/h3-5,10-12,16H,6-8H2,1-2H3/t10-,11-,12-/m0/s1. The van der Waals surface area contributed by atoms with Gasteiger partial charge in [0.05, 0.1) is 20.6 Å². The lowest BCUT2D eigenvalue weighted by molar-refractivity contribution is -0.158. The predicted octanol–water partition coefficient (Wildman–Crippen LogP) is 1.81. The number of nitrogens with one attached hydrogen (secondary N) is 1. The molecule has 2 heterocycles. The molecule has 1 N–H and O–H groups in total. The first kappa shape index (κ1) is 13.2. The molecule has 0 radical (unpaired) electrons. The Balaban J connectivity index is 1.81. The van der Waals surface area contributed by atoms with E-state index in [2.05, 4.69) is 5.32 Å². The van der Waals surface area contributed by atoms with Crippen LogP contribution in [0.15, 0.2) is 18.2 Å². The predicted molar refractivity (Wildman–Crippen MR) is 72.9 cm³/mol. The van der Waals surface area contributed by atoms with Gasteiger partial charge in [-0.3, -0.25) is 4.79 Å². The number of piperidine rings is 1. The summed E-state index contributed by atoms with van der Waals surface area (Å²) in [6.45, 7) is 0. The Kier molecular flexibility index (Phi) is 3.53. The van der Waals surface area contributed by atoms with Crippen LogP contribution in [0.4, 0.5) is 0 Å². The Morgan fingerprint density at radius 3 is 2.70 bits per heavy atom. The minimum Gasteiger partial charge on any atom is -0.493 e. The number of carbonyl (C=O) groups excluding carboxylic acids is 1. The molecule has 2 saturated heterocycles. The molecule has 5 nitrogen and oxygen atoms in total. The summed E-state index contributed by atoms with van der Waals surface area (Å²) < 4.78 is 16.0. The highest BCUT2D eigenvalue weighted by Gasteiger charge is 2.36. The first-order chi connectivity index (χ1) is 9.69. The lowest BCUT2D eigenvalue weighted by atomic mass is 9.88. The Morgan fingerprint density at radius 2 is 2.00 bits per heavy atom. The maximum Gasteiger partial charge on any atom is 0.307 e. The zero-order valence-corrected chi connectivity index (χ0v) is 11.7. The van der Waals surface area contributed by atoms with Crippen molar-refractivity contribution in [3.05, 3.63) is 23.8 Å². The van der Waals surface area contributed by atoms with Gasteiger partial charge in [-0.25, -0.2) is 0 Å². The first-order valence-electron chi connectivity index (χ1n) is 6.87. The van der Waals surface area contributed by atoms with Gasteiger partial charge in [0.15, 0.2) is 11.5 Å². The van der Waals surface area contributed by atoms with Gasteiger partial charge in [0, 0.05) is 24.9 Å². The normalized spacial score (nSPS) is 28.7. The van der Waals surface area contributed by atoms with Crippen molar-refractivity contribution in [2.24, 2.45) is 0 Å². The van der Waals surface area contributed by atoms with Crippen molar-refractivity contribution >= 4 is 5.97 Å². The third kappa shape index (κ3) is 2.45. The van der Waals surface area contributed by atoms with Gasteiger partial charge in [-0.1, -0.05) is 6.07 Å². The molecular weight excluding hydrogens is 258 g/mol. The van der Waals surface area contributed by atoms with Crippen LogP contribution >= 0.6 is 0 Å². The van der Waals surface area contributed by atoms with E-state index in [1.807, 2.05) is 18.2 Å². The number of hydrogen-bond acceptors (Lipinski definition) is 5. The minimum absolute atomic E-state index is 0.0283. The van der Waals surface area contributed by atoms with Gasteiger partial charge in [-0.05, 0) is 17.7 Å². The van der Waals surface area contributed by atoms with Gasteiger partial charge in [0.2, 0.25) is 0 Å². The third-order valence-corrected chi connectivity index (χ3v) is 4.00. The summed E-state index contributed by atoms with van der Waals surface area (Å²) in [5, 5.41) is 3.52. The zero-order chi connectivity index (χ0) is 14.1. The number of hydrogen-bond donors (Lipinski definition) is 1. The molecule has 0 aliphatic carbocycles. The second kappa shape index (κ2) is 5.32. The molecule has 3 rings (SSSR count). The van der Waals surface area contributed by atoms with Gasteiger partial charge in [-0.2, -0.15) is 0 Å². The first-order valence-corrected chi connectivity index (χ1v) is 6.87. The summed E-state index contributed by atoms with van der Waals surface area (Å²) >= 11 is 0. The molecule has 2 fully saturated rings. The second-order valence-corrected chi connectivity index (χ2v) is 5.32. The van der Waals surface area contributed by atoms with Crippen LogP contribution in [0.1, 0.15) is 30.9 Å². The summed E-state index contributed by atoms with van der Waals surface area (Å²) in [6.07, 6.45) is 2.20. The fraction of sp³-hybridized carbons (Fsp3) is 0.533. The lowest BCUT2D eigenvalue weighted by Crippen LogP contribution is -2.49. The van der Waals surface area contributed by atoms with Gasteiger partial charge < -0.3 is 19.5 Å². The van der Waals surface area contributed by atoms with Gasteiger partial charge in [0.1, 0.15) is 6.10 Å². The van der Waals surface area contributed by atoms with Crippen LogP contribution < -0.4 is 14.8 Å². The number of rotatable bonds is 3. The van der Waals surface area contributed by atoms with Gasteiger partial charge in [0.25, 0.3) is 0 Å². The number of carbonyl (C=O) groups is 1. The molecule has 1 aromatic rings. The summed E-state index contributed by atoms with van der Waals surface area (Å²) in [7, 11) is 3.26. The number of fused-ring (bicyclic) bond motifs is 2. The number of methoxy groups -OCH3 is 2. The van der Waals surface area contributed by atoms with E-state index in [1.165, 1.54) is 0 Å². The molecule has 0 aromatic heterocycles. The summed E-state index contributed by atoms with van der Waals surface area (Å²) in [5.41, 5.74) is 1.13. The molecule has 3 atom stereocenters. The maximum absolute atomic E-state index is 11.4. The monoisotopic (exact) mass is 277 g/mol. The average molecular weight is 277 g/mol. The van der Waals surface area contributed by atoms with Crippen LogP contribution in [0.2, 0.25) is 0 Å². The van der Waals surface area contributed by atoms with E-state index in [1.54, 1.807) is 14.2 Å². The fourth-order valence-corrected chi connectivity index (χ4v) is 3.07. The van der Waals surface area contributed by atoms with Crippen molar-refractivity contribution in [3.63, 3.8) is 0 Å². The van der Waals surface area contributed by atoms with Crippen LogP contribution in [-0.2, 0) is 9.53 Å². The summed E-state index contributed by atoms with van der Waals surface area (Å²) in [5.74, 6) is 1.35. The van der Waals surface area contributed by atoms with E-state index in [-0.39, 0.29) is 24.2 Å². The van der Waals surface area contributed by atoms with Crippen LogP contribution in [0, 0.1) is 0 Å². The van der Waals surface area contributed by atoms with Crippen LogP contribution in [0.3, 0.4) is 0 Å². The summed E-state index contributed by atoms with van der Waals surface area (Å²) in [6, 6.07) is 6.33. The molecule has 20 heavy (non-hydrogen) atoms. The number of esters is 1. The molecule has 2 bridgehead atoms. The highest BCUT2D eigenvalue weighted by Crippen LogP contribution is 2.36. The van der Waals surface area contributed by atoms with E-state index in [0.717, 1.165) is 29.9 Å². The Labute approximate surface area is 118 Å². The van der Waals surface area contributed by atoms with E-state index in [0.29, 0.717) is 6.42 Å². The van der Waals surface area contributed by atoms with E-state index in [4.69, 9.17) is 14.2 Å². The highest BCUT2D eigenvalue weighted by atomic mass is 16.5. The van der Waals surface area contributed by atoms with Crippen LogP contribution in [0.5, 0.6) is 11.5 Å². The smallest absolute Gasteiger partial charge is 0.307 e.